The molecule has 1 unspecified atom stereocenters. The fourth-order valence-electron chi connectivity index (χ4n) is 4.09. The predicted molar refractivity (Wildman–Crippen MR) is 114 cm³/mol. The smallest absolute Gasteiger partial charge is 0.322 e. The van der Waals surface area contributed by atoms with Crippen molar-refractivity contribution in [3.05, 3.63) is 53.0 Å². The number of carbonyl (C=O) groups is 2. The summed E-state index contributed by atoms with van der Waals surface area (Å²) in [5, 5.41) is 2.78. The number of halogens is 1. The Hall–Kier alpha value is -3.16. The number of rotatable bonds is 3. The lowest BCUT2D eigenvalue weighted by Gasteiger charge is -2.36. The van der Waals surface area contributed by atoms with E-state index in [1.54, 1.807) is 11.0 Å². The number of hydrogen-bond acceptors (Lipinski definition) is 4. The van der Waals surface area contributed by atoms with Gasteiger partial charge in [0.25, 0.3) is 5.91 Å². The maximum atomic E-state index is 14.7. The second-order valence-electron chi connectivity index (χ2n) is 8.06. The van der Waals surface area contributed by atoms with Gasteiger partial charge in [-0.3, -0.25) is 9.69 Å². The molecule has 0 spiro atoms. The summed E-state index contributed by atoms with van der Waals surface area (Å²) in [5.41, 5.74) is 2.71. The van der Waals surface area contributed by atoms with Gasteiger partial charge in [0.15, 0.2) is 0 Å². The number of anilines is 2. The Balaban J connectivity index is 1.43. The number of carbonyl (C=O) groups excluding carboxylic acids is 2. The van der Waals surface area contributed by atoms with E-state index in [1.165, 1.54) is 17.0 Å². The van der Waals surface area contributed by atoms with Crippen molar-refractivity contribution in [1.82, 2.24) is 15.2 Å². The Morgan fingerprint density at radius 3 is 2.50 bits per heavy atom. The lowest BCUT2D eigenvalue weighted by Crippen LogP contribution is -2.49. The Bertz CT molecular complexity index is 987. The van der Waals surface area contributed by atoms with Gasteiger partial charge < -0.3 is 15.1 Å². The molecule has 1 N–H and O–H groups in total. The fraction of sp³-hybridized carbons (Fsp3) is 0.409. The monoisotopic (exact) mass is 411 g/mol. The number of piperazine rings is 1. The van der Waals surface area contributed by atoms with E-state index < -0.39 is 5.82 Å². The van der Waals surface area contributed by atoms with Crippen molar-refractivity contribution < 1.29 is 14.0 Å². The summed E-state index contributed by atoms with van der Waals surface area (Å²) < 4.78 is 14.7. The first kappa shape index (κ1) is 20.1. The highest BCUT2D eigenvalue weighted by atomic mass is 19.1. The zero-order valence-electron chi connectivity index (χ0n) is 17.5. The molecule has 0 bridgehead atoms. The summed E-state index contributed by atoms with van der Waals surface area (Å²) in [4.78, 5) is 34.7. The van der Waals surface area contributed by atoms with Crippen LogP contribution >= 0.6 is 0 Å². The van der Waals surface area contributed by atoms with Crippen molar-refractivity contribution in [3.63, 3.8) is 0 Å². The van der Waals surface area contributed by atoms with Crippen LogP contribution in [-0.4, -0.2) is 60.6 Å². The molecule has 30 heavy (non-hydrogen) atoms. The Morgan fingerprint density at radius 1 is 1.17 bits per heavy atom. The molecule has 1 atom stereocenters. The first-order valence-electron chi connectivity index (χ1n) is 10.2. The second kappa shape index (κ2) is 7.93. The molecule has 3 amide bonds. The number of hydrogen-bond donors (Lipinski definition) is 1. The molecule has 158 valence electrons. The van der Waals surface area contributed by atoms with E-state index in [0.29, 0.717) is 38.4 Å². The molecule has 2 fully saturated rings. The molecule has 2 saturated heterocycles. The average Bonchev–Trinajstić information content (AvgIpc) is 3.05. The summed E-state index contributed by atoms with van der Waals surface area (Å²) in [6, 6.07) is 6.21. The lowest BCUT2D eigenvalue weighted by atomic mass is 10.1. The van der Waals surface area contributed by atoms with Crippen LogP contribution in [0.4, 0.5) is 20.7 Å². The highest BCUT2D eigenvalue weighted by molar-refractivity contribution is 5.97. The van der Waals surface area contributed by atoms with Crippen LogP contribution in [0.5, 0.6) is 0 Å². The minimum absolute atomic E-state index is 0.00446. The van der Waals surface area contributed by atoms with Crippen LogP contribution in [-0.2, 0) is 0 Å². The van der Waals surface area contributed by atoms with Gasteiger partial charge in [0, 0.05) is 50.6 Å². The second-order valence-corrected chi connectivity index (χ2v) is 8.06. The molecule has 2 aromatic rings. The highest BCUT2D eigenvalue weighted by Gasteiger charge is 2.29. The van der Waals surface area contributed by atoms with Crippen molar-refractivity contribution in [1.29, 1.82) is 0 Å². The zero-order chi connectivity index (χ0) is 21.4. The summed E-state index contributed by atoms with van der Waals surface area (Å²) in [7, 11) is 0. The first-order valence-corrected chi connectivity index (χ1v) is 10.2. The molecule has 4 rings (SSSR count). The van der Waals surface area contributed by atoms with Gasteiger partial charge in [-0.2, -0.15) is 0 Å². The van der Waals surface area contributed by atoms with Crippen LogP contribution in [0.1, 0.15) is 28.4 Å². The fourth-order valence-corrected chi connectivity index (χ4v) is 4.09. The molecule has 1 aromatic carbocycles. The summed E-state index contributed by atoms with van der Waals surface area (Å²) in [6.45, 7) is 8.70. The van der Waals surface area contributed by atoms with Gasteiger partial charge in [-0.05, 0) is 50.1 Å². The number of benzene rings is 1. The Kier molecular flexibility index (Phi) is 5.32. The molecule has 1 aromatic heterocycles. The molecular weight excluding hydrogens is 385 g/mol. The van der Waals surface area contributed by atoms with Crippen LogP contribution in [0.2, 0.25) is 0 Å². The van der Waals surface area contributed by atoms with Crippen molar-refractivity contribution in [2.45, 2.75) is 26.8 Å². The average molecular weight is 411 g/mol. The van der Waals surface area contributed by atoms with E-state index in [2.05, 4.69) is 21.3 Å². The normalized spacial score (nSPS) is 19.3. The SMILES string of the molecule is Cc1cnc(N2CCN(C(=O)c3ccc(N4CC(C)NC4=O)cc3F)CC2)c(C)c1. The van der Waals surface area contributed by atoms with Crippen molar-refractivity contribution in [3.8, 4) is 0 Å². The third-order valence-electron chi connectivity index (χ3n) is 5.62. The minimum atomic E-state index is -0.608. The van der Waals surface area contributed by atoms with E-state index in [9.17, 15) is 14.0 Å². The molecule has 2 aliphatic heterocycles. The molecule has 3 heterocycles. The lowest BCUT2D eigenvalue weighted by molar-refractivity contribution is 0.0742. The van der Waals surface area contributed by atoms with Crippen molar-refractivity contribution in [2.75, 3.05) is 42.5 Å². The maximum absolute atomic E-state index is 14.7. The van der Waals surface area contributed by atoms with Gasteiger partial charge >= 0.3 is 6.03 Å². The van der Waals surface area contributed by atoms with E-state index in [4.69, 9.17) is 0 Å². The molecule has 0 saturated carbocycles. The van der Waals surface area contributed by atoms with Gasteiger partial charge in [0.05, 0.1) is 5.56 Å². The van der Waals surface area contributed by atoms with Crippen molar-refractivity contribution in [2.24, 2.45) is 0 Å². The number of nitrogens with one attached hydrogen (secondary N) is 1. The molecule has 0 radical (unpaired) electrons. The first-order chi connectivity index (χ1) is 14.3. The largest absolute Gasteiger partial charge is 0.353 e. The van der Waals surface area contributed by atoms with Crippen LogP contribution < -0.4 is 15.1 Å². The number of urea groups is 1. The molecule has 8 heteroatoms. The Labute approximate surface area is 175 Å². The molecule has 0 aliphatic carbocycles. The van der Waals surface area contributed by atoms with Gasteiger partial charge in [0.2, 0.25) is 0 Å². The molecule has 2 aliphatic rings. The standard InChI is InChI=1S/C22H26FN5O2/c1-14-10-15(2)20(24-12-14)26-6-8-27(9-7-26)21(29)18-5-4-17(11-19(18)23)28-13-16(3)25-22(28)30/h4-5,10-12,16H,6-9,13H2,1-3H3,(H,25,30). The van der Waals surface area contributed by atoms with Crippen LogP contribution in [0, 0.1) is 19.7 Å². The number of amides is 3. The van der Waals surface area contributed by atoms with E-state index >= 15 is 0 Å². The summed E-state index contributed by atoms with van der Waals surface area (Å²) >= 11 is 0. The van der Waals surface area contributed by atoms with E-state index in [-0.39, 0.29) is 23.5 Å². The predicted octanol–water partition coefficient (Wildman–Crippen LogP) is 2.72. The third kappa shape index (κ3) is 3.81. The topological polar surface area (TPSA) is 68.8 Å². The number of nitrogens with zero attached hydrogens (tertiary/aromatic N) is 4. The molecular formula is C22H26FN5O2. The van der Waals surface area contributed by atoms with E-state index in [1.807, 2.05) is 27.0 Å². The van der Waals surface area contributed by atoms with Gasteiger partial charge in [-0.25, -0.2) is 14.2 Å². The number of aromatic nitrogens is 1. The Morgan fingerprint density at radius 2 is 1.90 bits per heavy atom. The van der Waals surface area contributed by atoms with Crippen LogP contribution in [0.15, 0.2) is 30.5 Å². The number of pyridine rings is 1. The zero-order valence-corrected chi connectivity index (χ0v) is 17.5. The van der Waals surface area contributed by atoms with E-state index in [0.717, 1.165) is 16.9 Å². The third-order valence-corrected chi connectivity index (χ3v) is 5.62. The number of aryl methyl sites for hydroxylation is 2. The summed E-state index contributed by atoms with van der Waals surface area (Å²) in [6.07, 6.45) is 1.85. The van der Waals surface area contributed by atoms with Crippen molar-refractivity contribution >= 4 is 23.4 Å². The minimum Gasteiger partial charge on any atom is -0.353 e. The van der Waals surface area contributed by atoms with Gasteiger partial charge in [-0.1, -0.05) is 6.07 Å². The van der Waals surface area contributed by atoms with Gasteiger partial charge in [-0.15, -0.1) is 0 Å². The summed E-state index contributed by atoms with van der Waals surface area (Å²) in [5.74, 6) is -0.00351. The van der Waals surface area contributed by atoms with Gasteiger partial charge in [0.1, 0.15) is 11.6 Å². The maximum Gasteiger partial charge on any atom is 0.322 e. The van der Waals surface area contributed by atoms with Crippen LogP contribution in [0.3, 0.4) is 0 Å². The highest BCUT2D eigenvalue weighted by Crippen LogP contribution is 2.24. The quantitative estimate of drug-likeness (QED) is 0.843. The molecule has 7 nitrogen and oxygen atoms in total. The van der Waals surface area contributed by atoms with Crippen LogP contribution in [0.25, 0.3) is 0 Å².